The first kappa shape index (κ1) is 25.8. The highest BCUT2D eigenvalue weighted by molar-refractivity contribution is 5.59. The number of hydrogen-bond acceptors (Lipinski definition) is 3. The van der Waals surface area contributed by atoms with Crippen molar-refractivity contribution in [2.45, 2.75) is 104 Å². The van der Waals surface area contributed by atoms with Crippen molar-refractivity contribution in [3.63, 3.8) is 0 Å². The molecule has 0 aliphatic carbocycles. The molecule has 0 amide bonds. The van der Waals surface area contributed by atoms with Crippen molar-refractivity contribution in [2.75, 3.05) is 13.2 Å². The average Bonchev–Trinajstić information content (AvgIpc) is 2.64. The normalized spacial score (nSPS) is 11.7. The van der Waals surface area contributed by atoms with Crippen LogP contribution in [0.4, 0.5) is 4.79 Å². The predicted octanol–water partition coefficient (Wildman–Crippen LogP) is 8.00. The molecular weight excluding hydrogens is 336 g/mol. The van der Waals surface area contributed by atoms with E-state index in [4.69, 9.17) is 9.47 Å². The van der Waals surface area contributed by atoms with Crippen LogP contribution in [0, 0.1) is 5.92 Å². The van der Waals surface area contributed by atoms with Gasteiger partial charge >= 0.3 is 6.16 Å². The summed E-state index contributed by atoms with van der Waals surface area (Å²) in [5.41, 5.74) is 0. The Morgan fingerprint density at radius 3 is 1.93 bits per heavy atom. The summed E-state index contributed by atoms with van der Waals surface area (Å²) in [5.74, 6) is 0.547. The zero-order valence-electron chi connectivity index (χ0n) is 18.2. The molecule has 0 rings (SSSR count). The Hall–Kier alpha value is -1.25. The van der Waals surface area contributed by atoms with E-state index < -0.39 is 6.16 Å². The molecule has 3 nitrogen and oxygen atoms in total. The largest absolute Gasteiger partial charge is 0.508 e. The third-order valence-corrected chi connectivity index (χ3v) is 4.48. The van der Waals surface area contributed by atoms with Crippen LogP contribution < -0.4 is 0 Å². The lowest BCUT2D eigenvalue weighted by molar-refractivity contribution is 0.0512. The van der Waals surface area contributed by atoms with Crippen molar-refractivity contribution in [3.8, 4) is 0 Å². The smallest absolute Gasteiger partial charge is 0.434 e. The Morgan fingerprint density at radius 1 is 0.741 bits per heavy atom. The van der Waals surface area contributed by atoms with Crippen molar-refractivity contribution in [2.24, 2.45) is 5.92 Å². The molecule has 27 heavy (non-hydrogen) atoms. The van der Waals surface area contributed by atoms with Crippen molar-refractivity contribution in [3.05, 3.63) is 24.3 Å². The van der Waals surface area contributed by atoms with E-state index >= 15 is 0 Å². The fraction of sp³-hybridized carbons (Fsp3) is 0.792. The number of carbonyl (C=O) groups is 1. The third kappa shape index (κ3) is 22.7. The van der Waals surface area contributed by atoms with Crippen LogP contribution in [0.15, 0.2) is 24.3 Å². The molecule has 0 N–H and O–H groups in total. The summed E-state index contributed by atoms with van der Waals surface area (Å²) in [6.07, 6.45) is 24.1. The topological polar surface area (TPSA) is 35.5 Å². The van der Waals surface area contributed by atoms with Gasteiger partial charge in [0.25, 0.3) is 0 Å². The quantitative estimate of drug-likeness (QED) is 0.137. The highest BCUT2D eigenvalue weighted by Gasteiger charge is 2.03. The van der Waals surface area contributed by atoms with Gasteiger partial charge in [-0.15, -0.1) is 0 Å². The van der Waals surface area contributed by atoms with Crippen LogP contribution in [0.1, 0.15) is 104 Å². The summed E-state index contributed by atoms with van der Waals surface area (Å²) in [7, 11) is 0. The van der Waals surface area contributed by atoms with Crippen LogP contribution in [-0.2, 0) is 9.47 Å². The highest BCUT2D eigenvalue weighted by atomic mass is 16.7. The summed E-state index contributed by atoms with van der Waals surface area (Å²) in [6, 6.07) is 0. The van der Waals surface area contributed by atoms with Gasteiger partial charge < -0.3 is 9.47 Å². The average molecular weight is 381 g/mol. The van der Waals surface area contributed by atoms with Crippen molar-refractivity contribution in [1.82, 2.24) is 0 Å². The maximum absolute atomic E-state index is 11.3. The molecule has 0 aliphatic heterocycles. The number of hydrogen-bond donors (Lipinski definition) is 0. The van der Waals surface area contributed by atoms with Gasteiger partial charge in [-0.1, -0.05) is 83.6 Å². The van der Waals surface area contributed by atoms with Gasteiger partial charge in [-0.25, -0.2) is 4.79 Å². The molecule has 0 atom stereocenters. The van der Waals surface area contributed by atoms with E-state index in [9.17, 15) is 4.79 Å². The van der Waals surface area contributed by atoms with Crippen LogP contribution in [0.2, 0.25) is 0 Å². The van der Waals surface area contributed by atoms with Crippen molar-refractivity contribution in [1.29, 1.82) is 0 Å². The van der Waals surface area contributed by atoms with Crippen LogP contribution in [0.3, 0.4) is 0 Å². The summed E-state index contributed by atoms with van der Waals surface area (Å²) in [6.45, 7) is 7.40. The number of unbranched alkanes of at least 4 members (excludes halogenated alkanes) is 9. The monoisotopic (exact) mass is 380 g/mol. The molecular formula is C24H44O3. The van der Waals surface area contributed by atoms with E-state index in [0.29, 0.717) is 19.1 Å². The minimum absolute atomic E-state index is 0.459. The first-order valence-corrected chi connectivity index (χ1v) is 11.3. The summed E-state index contributed by atoms with van der Waals surface area (Å²) < 4.78 is 10.1. The van der Waals surface area contributed by atoms with Gasteiger partial charge in [-0.2, -0.15) is 0 Å². The van der Waals surface area contributed by atoms with E-state index in [1.165, 1.54) is 57.8 Å². The second-order valence-corrected chi connectivity index (χ2v) is 7.71. The summed E-state index contributed by atoms with van der Waals surface area (Å²) in [4.78, 5) is 11.3. The molecule has 0 aromatic rings. The molecule has 0 saturated carbocycles. The molecule has 3 heteroatoms. The number of allylic oxidation sites excluding steroid dienone is 4. The van der Waals surface area contributed by atoms with E-state index in [2.05, 4.69) is 45.1 Å². The molecule has 0 heterocycles. The lowest BCUT2D eigenvalue weighted by Gasteiger charge is -2.07. The molecule has 0 saturated heterocycles. The van der Waals surface area contributed by atoms with Crippen LogP contribution in [-0.4, -0.2) is 19.4 Å². The van der Waals surface area contributed by atoms with Crippen molar-refractivity contribution >= 4 is 6.16 Å². The van der Waals surface area contributed by atoms with Crippen LogP contribution in [0.25, 0.3) is 0 Å². The second kappa shape index (κ2) is 21.1. The van der Waals surface area contributed by atoms with E-state index in [1.807, 2.05) is 0 Å². The molecule has 0 radical (unpaired) electrons. The first-order valence-electron chi connectivity index (χ1n) is 11.3. The summed E-state index contributed by atoms with van der Waals surface area (Å²) in [5, 5.41) is 0. The van der Waals surface area contributed by atoms with Gasteiger partial charge in [0.15, 0.2) is 0 Å². The molecule has 0 aromatic carbocycles. The van der Waals surface area contributed by atoms with Gasteiger partial charge in [0, 0.05) is 0 Å². The van der Waals surface area contributed by atoms with Gasteiger partial charge in [0.1, 0.15) is 0 Å². The van der Waals surface area contributed by atoms with E-state index in [1.54, 1.807) is 0 Å². The minimum atomic E-state index is -0.516. The fourth-order valence-corrected chi connectivity index (χ4v) is 2.67. The standard InChI is InChI=1S/C24H44O3/c1-4-5-6-7-8-9-10-11-12-13-14-15-16-17-18-19-21-26-24(25)27-22-20-23(2)3/h8-9,11-12,23H,4-7,10,13-22H2,1-3H3/b9-8-,12-11-. The molecule has 0 fully saturated rings. The van der Waals surface area contributed by atoms with E-state index in [-0.39, 0.29) is 0 Å². The lowest BCUT2D eigenvalue weighted by Crippen LogP contribution is -2.10. The minimum Gasteiger partial charge on any atom is -0.434 e. The van der Waals surface area contributed by atoms with Crippen LogP contribution >= 0.6 is 0 Å². The lowest BCUT2D eigenvalue weighted by atomic mass is 10.1. The maximum Gasteiger partial charge on any atom is 0.508 e. The van der Waals surface area contributed by atoms with Gasteiger partial charge in [0.05, 0.1) is 13.2 Å². The Morgan fingerprint density at radius 2 is 1.30 bits per heavy atom. The molecule has 0 spiro atoms. The zero-order valence-corrected chi connectivity index (χ0v) is 18.2. The van der Waals surface area contributed by atoms with Gasteiger partial charge in [0.2, 0.25) is 0 Å². The molecule has 0 unspecified atom stereocenters. The molecule has 158 valence electrons. The molecule has 0 bridgehead atoms. The molecule has 0 aliphatic rings. The SMILES string of the molecule is CCCCC/C=C\C/C=C\CCCCCCCCOC(=O)OCCC(C)C. The number of rotatable bonds is 18. The van der Waals surface area contributed by atoms with Crippen LogP contribution in [0.5, 0.6) is 0 Å². The van der Waals surface area contributed by atoms with Crippen molar-refractivity contribution < 1.29 is 14.3 Å². The van der Waals surface area contributed by atoms with Gasteiger partial charge in [-0.05, 0) is 50.9 Å². The summed E-state index contributed by atoms with van der Waals surface area (Å²) >= 11 is 0. The molecule has 0 aromatic heterocycles. The Balaban J connectivity index is 3.24. The Bertz CT molecular complexity index is 372. The third-order valence-electron chi connectivity index (χ3n) is 4.48. The maximum atomic E-state index is 11.3. The predicted molar refractivity (Wildman–Crippen MR) is 116 cm³/mol. The second-order valence-electron chi connectivity index (χ2n) is 7.71. The fourth-order valence-electron chi connectivity index (χ4n) is 2.67. The Labute approximate surface area is 168 Å². The first-order chi connectivity index (χ1) is 13.2. The number of carbonyl (C=O) groups excluding carboxylic acids is 1. The zero-order chi connectivity index (χ0) is 20.0. The van der Waals surface area contributed by atoms with E-state index in [0.717, 1.165) is 25.7 Å². The Kier molecular flexibility index (Phi) is 20.1. The van der Waals surface area contributed by atoms with Gasteiger partial charge in [-0.3, -0.25) is 0 Å². The highest BCUT2D eigenvalue weighted by Crippen LogP contribution is 2.08. The number of ether oxygens (including phenoxy) is 2.